The molecule has 2 aliphatic heterocycles. The largest absolute Gasteiger partial charge is 0.467 e. The molecular weight excluding hydrogens is 364 g/mol. The molecule has 3 fully saturated rings. The third-order valence-electron chi connectivity index (χ3n) is 6.96. The van der Waals surface area contributed by atoms with Crippen molar-refractivity contribution in [2.24, 2.45) is 28.6 Å². The van der Waals surface area contributed by atoms with E-state index < -0.39 is 23.5 Å². The molecule has 28 heavy (non-hydrogen) atoms. The van der Waals surface area contributed by atoms with Gasteiger partial charge in [-0.1, -0.05) is 27.7 Å². The Bertz CT molecular complexity index is 655. The Morgan fingerprint density at radius 2 is 2.04 bits per heavy atom. The molecule has 2 heterocycles. The van der Waals surface area contributed by atoms with Crippen LogP contribution in [-0.2, 0) is 23.9 Å². The lowest BCUT2D eigenvalue weighted by Gasteiger charge is -2.38. The highest BCUT2D eigenvalue weighted by molar-refractivity contribution is 5.93. The van der Waals surface area contributed by atoms with E-state index >= 15 is 0 Å². The van der Waals surface area contributed by atoms with E-state index in [0.717, 1.165) is 0 Å². The number of esters is 1. The fourth-order valence-electron chi connectivity index (χ4n) is 4.75. The molecule has 0 aromatic carbocycles. The molecule has 2 amide bonds. The van der Waals surface area contributed by atoms with Gasteiger partial charge in [0.15, 0.2) is 0 Å². The van der Waals surface area contributed by atoms with Crippen molar-refractivity contribution in [3.05, 3.63) is 0 Å². The highest BCUT2D eigenvalue weighted by Gasteiger charge is 2.70. The molecule has 5 atom stereocenters. The molecule has 8 heteroatoms. The standard InChI is InChI=1S/C20H32N2O6/c1-19(2,10-23)15(21-16(24)11-6-7-28-9-11)17(25)22-8-12-13(20(12,3)4)14(22)18(26)27-5/h11-15,23H,6-10H2,1-5H3,(H,21,24)/t11-,12+,13+,14+,15-/m1/s1. The summed E-state index contributed by atoms with van der Waals surface area (Å²) < 4.78 is 10.2. The van der Waals surface area contributed by atoms with Gasteiger partial charge in [0, 0.05) is 24.5 Å². The summed E-state index contributed by atoms with van der Waals surface area (Å²) in [7, 11) is 1.32. The molecule has 2 saturated heterocycles. The Labute approximate surface area is 165 Å². The van der Waals surface area contributed by atoms with Gasteiger partial charge in [-0.2, -0.15) is 0 Å². The average Bonchev–Trinajstić information content (AvgIpc) is 3.13. The van der Waals surface area contributed by atoms with Gasteiger partial charge in [-0.05, 0) is 17.8 Å². The number of hydrogen-bond donors (Lipinski definition) is 2. The van der Waals surface area contributed by atoms with Crippen LogP contribution in [0.3, 0.4) is 0 Å². The summed E-state index contributed by atoms with van der Waals surface area (Å²) >= 11 is 0. The van der Waals surface area contributed by atoms with E-state index in [9.17, 15) is 19.5 Å². The van der Waals surface area contributed by atoms with E-state index in [1.54, 1.807) is 18.7 Å². The Balaban J connectivity index is 1.82. The summed E-state index contributed by atoms with van der Waals surface area (Å²) in [5.41, 5.74) is -0.892. The number of ether oxygens (including phenoxy) is 2. The quantitative estimate of drug-likeness (QED) is 0.621. The second-order valence-corrected chi connectivity index (χ2v) is 9.56. The van der Waals surface area contributed by atoms with Crippen LogP contribution in [0.5, 0.6) is 0 Å². The molecule has 1 aliphatic carbocycles. The fourth-order valence-corrected chi connectivity index (χ4v) is 4.75. The maximum Gasteiger partial charge on any atom is 0.328 e. The predicted octanol–water partition coefficient (Wildman–Crippen LogP) is 0.182. The minimum atomic E-state index is -0.932. The van der Waals surface area contributed by atoms with Gasteiger partial charge >= 0.3 is 5.97 Å². The fraction of sp³-hybridized carbons (Fsp3) is 0.850. The number of carbonyl (C=O) groups is 3. The lowest BCUT2D eigenvalue weighted by Crippen LogP contribution is -2.60. The first kappa shape index (κ1) is 21.0. The molecule has 0 spiro atoms. The Morgan fingerprint density at radius 3 is 2.57 bits per heavy atom. The molecule has 158 valence electrons. The molecule has 0 aromatic heterocycles. The first-order chi connectivity index (χ1) is 13.1. The van der Waals surface area contributed by atoms with Crippen LogP contribution in [0, 0.1) is 28.6 Å². The van der Waals surface area contributed by atoms with Crippen molar-refractivity contribution in [2.45, 2.75) is 46.2 Å². The van der Waals surface area contributed by atoms with Crippen LogP contribution >= 0.6 is 0 Å². The van der Waals surface area contributed by atoms with Crippen molar-refractivity contribution in [3.63, 3.8) is 0 Å². The number of piperidine rings is 1. The van der Waals surface area contributed by atoms with Gasteiger partial charge in [0.1, 0.15) is 12.1 Å². The Kier molecular flexibility index (Phi) is 5.49. The maximum atomic E-state index is 13.5. The molecule has 2 N–H and O–H groups in total. The van der Waals surface area contributed by atoms with Crippen LogP contribution in [0.15, 0.2) is 0 Å². The zero-order chi connectivity index (χ0) is 20.9. The summed E-state index contributed by atoms with van der Waals surface area (Å²) in [5.74, 6) is -1.03. The van der Waals surface area contributed by atoms with Crippen molar-refractivity contribution in [1.82, 2.24) is 10.2 Å². The zero-order valence-electron chi connectivity index (χ0n) is 17.4. The number of rotatable bonds is 6. The summed E-state index contributed by atoms with van der Waals surface area (Å²) in [5, 5.41) is 12.7. The van der Waals surface area contributed by atoms with Crippen molar-refractivity contribution in [1.29, 1.82) is 0 Å². The van der Waals surface area contributed by atoms with Gasteiger partial charge in [-0.3, -0.25) is 9.59 Å². The van der Waals surface area contributed by atoms with Crippen molar-refractivity contribution < 1.29 is 29.0 Å². The number of nitrogens with zero attached hydrogens (tertiary/aromatic N) is 1. The minimum absolute atomic E-state index is 0.0118. The highest BCUT2D eigenvalue weighted by atomic mass is 16.5. The van der Waals surface area contributed by atoms with Gasteiger partial charge in [0.25, 0.3) is 0 Å². The topological polar surface area (TPSA) is 105 Å². The second-order valence-electron chi connectivity index (χ2n) is 9.56. The van der Waals surface area contributed by atoms with Crippen LogP contribution in [0.4, 0.5) is 0 Å². The third kappa shape index (κ3) is 3.41. The molecular formula is C20H32N2O6. The summed E-state index contributed by atoms with van der Waals surface area (Å²) in [6, 6.07) is -1.58. The number of aliphatic hydroxyl groups is 1. The molecule has 3 aliphatic rings. The van der Waals surface area contributed by atoms with Crippen LogP contribution in [0.2, 0.25) is 0 Å². The van der Waals surface area contributed by atoms with E-state index in [1.807, 2.05) is 0 Å². The number of aliphatic hydroxyl groups excluding tert-OH is 1. The van der Waals surface area contributed by atoms with Crippen molar-refractivity contribution in [2.75, 3.05) is 33.5 Å². The van der Waals surface area contributed by atoms with Gasteiger partial charge < -0.3 is 24.8 Å². The van der Waals surface area contributed by atoms with Gasteiger partial charge in [-0.25, -0.2) is 4.79 Å². The van der Waals surface area contributed by atoms with E-state index in [2.05, 4.69) is 19.2 Å². The average molecular weight is 396 g/mol. The number of fused-ring (bicyclic) bond motifs is 1. The Morgan fingerprint density at radius 1 is 1.36 bits per heavy atom. The van der Waals surface area contributed by atoms with E-state index in [4.69, 9.17) is 9.47 Å². The molecule has 0 aromatic rings. The van der Waals surface area contributed by atoms with E-state index in [-0.39, 0.29) is 41.6 Å². The van der Waals surface area contributed by atoms with Crippen LogP contribution in [0.1, 0.15) is 34.1 Å². The van der Waals surface area contributed by atoms with E-state index in [1.165, 1.54) is 7.11 Å². The monoisotopic (exact) mass is 396 g/mol. The predicted molar refractivity (Wildman–Crippen MR) is 100 cm³/mol. The number of hydrogen-bond acceptors (Lipinski definition) is 6. The molecule has 0 radical (unpaired) electrons. The summed E-state index contributed by atoms with van der Waals surface area (Å²) in [6.07, 6.45) is 0.610. The third-order valence-corrected chi connectivity index (χ3v) is 6.96. The number of methoxy groups -OCH3 is 1. The number of carbonyl (C=O) groups excluding carboxylic acids is 3. The lowest BCUT2D eigenvalue weighted by molar-refractivity contribution is -0.155. The minimum Gasteiger partial charge on any atom is -0.467 e. The van der Waals surface area contributed by atoms with Gasteiger partial charge in [0.2, 0.25) is 11.8 Å². The van der Waals surface area contributed by atoms with E-state index in [0.29, 0.717) is 26.2 Å². The van der Waals surface area contributed by atoms with Crippen molar-refractivity contribution in [3.8, 4) is 0 Å². The second kappa shape index (κ2) is 7.30. The van der Waals surface area contributed by atoms with Gasteiger partial charge in [-0.15, -0.1) is 0 Å². The number of likely N-dealkylation sites (tertiary alicyclic amines) is 1. The smallest absolute Gasteiger partial charge is 0.328 e. The molecule has 0 bridgehead atoms. The van der Waals surface area contributed by atoms with Crippen molar-refractivity contribution >= 4 is 17.8 Å². The lowest BCUT2D eigenvalue weighted by atomic mass is 9.83. The molecule has 0 unspecified atom stereocenters. The normalized spacial score (nSPS) is 31.9. The Hall–Kier alpha value is -1.67. The van der Waals surface area contributed by atoms with Crippen LogP contribution < -0.4 is 5.32 Å². The number of amides is 2. The highest BCUT2D eigenvalue weighted by Crippen LogP contribution is 2.65. The zero-order valence-corrected chi connectivity index (χ0v) is 17.4. The molecule has 3 rings (SSSR count). The first-order valence-electron chi connectivity index (χ1n) is 9.93. The van der Waals surface area contributed by atoms with Crippen LogP contribution in [-0.4, -0.2) is 73.3 Å². The maximum absolute atomic E-state index is 13.5. The van der Waals surface area contributed by atoms with Crippen LogP contribution in [0.25, 0.3) is 0 Å². The number of nitrogens with one attached hydrogen (secondary N) is 1. The molecule has 1 saturated carbocycles. The SMILES string of the molecule is COC(=O)[C@@H]1[C@@H]2[C@H](CN1C(=O)[C@@H](NC(=O)[C@@H]1CCOC1)C(C)(C)CO)C2(C)C. The first-order valence-corrected chi connectivity index (χ1v) is 9.93. The summed E-state index contributed by atoms with van der Waals surface area (Å²) in [6.45, 7) is 8.68. The summed E-state index contributed by atoms with van der Waals surface area (Å²) in [4.78, 5) is 40.1. The molecule has 8 nitrogen and oxygen atoms in total. The van der Waals surface area contributed by atoms with Gasteiger partial charge in [0.05, 0.1) is 26.2 Å².